The number of nitrogens with one attached hydrogen (secondary N) is 1. The summed E-state index contributed by atoms with van der Waals surface area (Å²) in [6.45, 7) is 4.80. The maximum absolute atomic E-state index is 5.77. The average Bonchev–Trinajstić information content (AvgIpc) is 3.12. The van der Waals surface area contributed by atoms with Crippen molar-refractivity contribution in [2.24, 2.45) is 11.7 Å². The first-order chi connectivity index (χ1) is 8.59. The first kappa shape index (κ1) is 13.2. The Morgan fingerprint density at radius 2 is 2.11 bits per heavy atom. The lowest BCUT2D eigenvalue weighted by Gasteiger charge is -2.13. The summed E-state index contributed by atoms with van der Waals surface area (Å²) in [5.74, 6) is 1.69. The molecule has 1 aromatic heterocycles. The van der Waals surface area contributed by atoms with E-state index in [9.17, 15) is 0 Å². The monoisotopic (exact) mass is 264 g/mol. The fraction of sp³-hybridized carbons (Fsp3) is 0.615. The Hall–Kier alpha value is -1.23. The molecule has 4 nitrogen and oxygen atoms in total. The first-order valence-electron chi connectivity index (χ1n) is 6.47. The minimum Gasteiger partial charge on any atom is -0.389 e. The van der Waals surface area contributed by atoms with Gasteiger partial charge in [0, 0.05) is 6.54 Å². The van der Waals surface area contributed by atoms with Crippen LogP contribution in [-0.4, -0.2) is 21.7 Å². The van der Waals surface area contributed by atoms with Crippen LogP contribution in [-0.2, 0) is 0 Å². The molecule has 3 N–H and O–H groups in total. The van der Waals surface area contributed by atoms with Gasteiger partial charge in [0.05, 0.1) is 11.3 Å². The van der Waals surface area contributed by atoms with Gasteiger partial charge in [-0.15, -0.1) is 5.10 Å². The van der Waals surface area contributed by atoms with Crippen LogP contribution in [0.4, 0.5) is 5.82 Å². The van der Waals surface area contributed by atoms with Crippen LogP contribution in [0.15, 0.2) is 0 Å². The van der Waals surface area contributed by atoms with Crippen molar-refractivity contribution in [3.8, 4) is 0 Å². The summed E-state index contributed by atoms with van der Waals surface area (Å²) >= 11 is 5.10. The summed E-state index contributed by atoms with van der Waals surface area (Å²) in [4.78, 5) is 0.384. The fourth-order valence-corrected chi connectivity index (χ4v) is 2.29. The summed E-state index contributed by atoms with van der Waals surface area (Å²) < 4.78 is 0. The van der Waals surface area contributed by atoms with Crippen LogP contribution in [0, 0.1) is 19.8 Å². The van der Waals surface area contributed by atoms with Crippen molar-refractivity contribution in [3.63, 3.8) is 0 Å². The van der Waals surface area contributed by atoms with Gasteiger partial charge in [-0.3, -0.25) is 0 Å². The first-order valence-corrected chi connectivity index (χ1v) is 6.88. The number of anilines is 1. The molecule has 0 aliphatic heterocycles. The summed E-state index contributed by atoms with van der Waals surface area (Å²) in [5.41, 5.74) is 8.50. The molecule has 0 spiro atoms. The molecule has 0 atom stereocenters. The van der Waals surface area contributed by atoms with Crippen molar-refractivity contribution < 1.29 is 0 Å². The van der Waals surface area contributed by atoms with E-state index in [1.165, 1.54) is 19.3 Å². The molecule has 1 aliphatic rings. The van der Waals surface area contributed by atoms with Crippen LogP contribution in [0.1, 0.15) is 42.5 Å². The second kappa shape index (κ2) is 5.61. The highest BCUT2D eigenvalue weighted by Gasteiger charge is 2.20. The lowest BCUT2D eigenvalue weighted by atomic mass is 10.1. The van der Waals surface area contributed by atoms with Crippen LogP contribution in [0.5, 0.6) is 0 Å². The van der Waals surface area contributed by atoms with Gasteiger partial charge < -0.3 is 11.1 Å². The smallest absolute Gasteiger partial charge is 0.159 e. The Balaban J connectivity index is 2.01. The van der Waals surface area contributed by atoms with Gasteiger partial charge in [0.1, 0.15) is 4.99 Å². The van der Waals surface area contributed by atoms with Crippen LogP contribution in [0.3, 0.4) is 0 Å². The molecule has 5 heteroatoms. The van der Waals surface area contributed by atoms with Crippen LogP contribution < -0.4 is 11.1 Å². The molecule has 0 amide bonds. The van der Waals surface area contributed by atoms with E-state index in [0.717, 1.165) is 41.5 Å². The van der Waals surface area contributed by atoms with Crippen LogP contribution in [0.25, 0.3) is 0 Å². The molecule has 0 unspecified atom stereocenters. The Morgan fingerprint density at radius 1 is 1.39 bits per heavy atom. The number of aromatic nitrogens is 2. The molecule has 0 radical (unpaired) electrons. The summed E-state index contributed by atoms with van der Waals surface area (Å²) in [6, 6.07) is 0. The average molecular weight is 264 g/mol. The van der Waals surface area contributed by atoms with Crippen molar-refractivity contribution in [1.82, 2.24) is 10.2 Å². The third-order valence-electron chi connectivity index (χ3n) is 3.48. The minimum atomic E-state index is 0.384. The van der Waals surface area contributed by atoms with E-state index < -0.39 is 0 Å². The van der Waals surface area contributed by atoms with E-state index in [-0.39, 0.29) is 0 Å². The van der Waals surface area contributed by atoms with E-state index >= 15 is 0 Å². The molecule has 1 aromatic rings. The van der Waals surface area contributed by atoms with Gasteiger partial charge in [0.2, 0.25) is 0 Å². The lowest BCUT2D eigenvalue weighted by Crippen LogP contribution is -2.18. The third-order valence-corrected chi connectivity index (χ3v) is 3.68. The van der Waals surface area contributed by atoms with Crippen molar-refractivity contribution >= 4 is 23.0 Å². The molecule has 0 aromatic carbocycles. The molecule has 1 aliphatic carbocycles. The van der Waals surface area contributed by atoms with Gasteiger partial charge in [0.25, 0.3) is 0 Å². The molecule has 0 saturated heterocycles. The largest absolute Gasteiger partial charge is 0.389 e. The highest BCUT2D eigenvalue weighted by molar-refractivity contribution is 7.80. The van der Waals surface area contributed by atoms with Crippen LogP contribution >= 0.6 is 12.2 Å². The van der Waals surface area contributed by atoms with Gasteiger partial charge in [-0.05, 0) is 38.2 Å². The summed E-state index contributed by atoms with van der Waals surface area (Å²) in [6.07, 6.45) is 5.27. The quantitative estimate of drug-likeness (QED) is 0.610. The van der Waals surface area contributed by atoms with Gasteiger partial charge >= 0.3 is 0 Å². The van der Waals surface area contributed by atoms with Crippen molar-refractivity contribution in [2.45, 2.75) is 39.5 Å². The van der Waals surface area contributed by atoms with Crippen molar-refractivity contribution in [3.05, 3.63) is 16.8 Å². The predicted molar refractivity (Wildman–Crippen MR) is 77.8 cm³/mol. The molecule has 0 bridgehead atoms. The van der Waals surface area contributed by atoms with E-state index in [4.69, 9.17) is 18.0 Å². The molecular formula is C13H20N4S. The summed E-state index contributed by atoms with van der Waals surface area (Å²) in [7, 11) is 0. The highest BCUT2D eigenvalue weighted by atomic mass is 32.1. The molecule has 98 valence electrons. The summed E-state index contributed by atoms with van der Waals surface area (Å²) in [5, 5.41) is 11.6. The highest BCUT2D eigenvalue weighted by Crippen LogP contribution is 2.33. The van der Waals surface area contributed by atoms with Gasteiger partial charge in [-0.1, -0.05) is 25.1 Å². The molecule has 18 heavy (non-hydrogen) atoms. The maximum Gasteiger partial charge on any atom is 0.159 e. The van der Waals surface area contributed by atoms with E-state index in [1.807, 2.05) is 13.8 Å². The standard InChI is InChI=1S/C13H20N4S/c1-8-9(2)16-17-13(11(8)12(14)18)15-7-3-4-10-5-6-10/h10H,3-7H2,1-2H3,(H2,14,18)(H,15,17). The number of hydrogen-bond donors (Lipinski definition) is 2. The molecule has 2 rings (SSSR count). The Kier molecular flexibility index (Phi) is 4.11. The Morgan fingerprint density at radius 3 is 2.72 bits per heavy atom. The number of nitrogens with two attached hydrogens (primary N) is 1. The zero-order valence-corrected chi connectivity index (χ0v) is 11.8. The zero-order valence-electron chi connectivity index (χ0n) is 11.0. The zero-order chi connectivity index (χ0) is 13.1. The van der Waals surface area contributed by atoms with E-state index in [0.29, 0.717) is 4.99 Å². The Bertz CT molecular complexity index is 455. The topological polar surface area (TPSA) is 63.8 Å². The number of thiocarbonyl (C=S) groups is 1. The number of hydrogen-bond acceptors (Lipinski definition) is 4. The fourth-order valence-electron chi connectivity index (χ4n) is 2.04. The normalized spacial score (nSPS) is 14.6. The minimum absolute atomic E-state index is 0.384. The predicted octanol–water partition coefficient (Wildman–Crippen LogP) is 2.33. The molecule has 1 fully saturated rings. The maximum atomic E-state index is 5.77. The number of aryl methyl sites for hydroxylation is 1. The molecule has 1 heterocycles. The SMILES string of the molecule is Cc1nnc(NCCCC2CC2)c(C(N)=S)c1C. The lowest BCUT2D eigenvalue weighted by molar-refractivity contribution is 0.685. The molecule has 1 saturated carbocycles. The van der Waals surface area contributed by atoms with Gasteiger partial charge in [-0.2, -0.15) is 5.10 Å². The second-order valence-corrected chi connectivity index (χ2v) is 5.45. The number of rotatable bonds is 6. The van der Waals surface area contributed by atoms with E-state index in [2.05, 4.69) is 15.5 Å². The van der Waals surface area contributed by atoms with Crippen LogP contribution in [0.2, 0.25) is 0 Å². The van der Waals surface area contributed by atoms with Crippen molar-refractivity contribution in [2.75, 3.05) is 11.9 Å². The third kappa shape index (κ3) is 3.16. The Labute approximate surface area is 113 Å². The second-order valence-electron chi connectivity index (χ2n) is 5.01. The number of nitrogens with zero attached hydrogens (tertiary/aromatic N) is 2. The van der Waals surface area contributed by atoms with Crippen molar-refractivity contribution in [1.29, 1.82) is 0 Å². The van der Waals surface area contributed by atoms with Gasteiger partial charge in [-0.25, -0.2) is 0 Å². The van der Waals surface area contributed by atoms with Gasteiger partial charge in [0.15, 0.2) is 5.82 Å². The van der Waals surface area contributed by atoms with E-state index in [1.54, 1.807) is 0 Å². The molecular weight excluding hydrogens is 244 g/mol.